The first-order valence-corrected chi connectivity index (χ1v) is 10.8. The molecule has 0 aliphatic carbocycles. The smallest absolute Gasteiger partial charge is 0.260 e. The lowest BCUT2D eigenvalue weighted by atomic mass is 9.96. The van der Waals surface area contributed by atoms with Crippen molar-refractivity contribution in [1.82, 2.24) is 15.3 Å². The van der Waals surface area contributed by atoms with E-state index < -0.39 is 0 Å². The highest BCUT2D eigenvalue weighted by molar-refractivity contribution is 7.17. The highest BCUT2D eigenvalue weighted by Crippen LogP contribution is 2.30. The molecule has 0 unspecified atom stereocenters. The van der Waals surface area contributed by atoms with Gasteiger partial charge in [0.2, 0.25) is 0 Å². The number of halogens is 1. The zero-order chi connectivity index (χ0) is 20.4. The summed E-state index contributed by atoms with van der Waals surface area (Å²) in [6.07, 6.45) is 0. The molecule has 4 nitrogen and oxygen atoms in total. The lowest BCUT2D eigenvalue weighted by Crippen LogP contribution is -2.27. The molecule has 2 N–H and O–H groups in total. The Morgan fingerprint density at radius 2 is 1.83 bits per heavy atom. The largest absolute Gasteiger partial charge is 0.309 e. The Balaban J connectivity index is 1.60. The molecule has 6 heteroatoms. The highest BCUT2D eigenvalue weighted by Gasteiger charge is 2.17. The maximum Gasteiger partial charge on any atom is 0.260 e. The third kappa shape index (κ3) is 4.27. The monoisotopic (exact) mass is 423 g/mol. The molecule has 0 aliphatic heterocycles. The van der Waals surface area contributed by atoms with Crippen molar-refractivity contribution in [3.8, 4) is 11.1 Å². The van der Waals surface area contributed by atoms with Gasteiger partial charge >= 0.3 is 0 Å². The van der Waals surface area contributed by atoms with E-state index in [9.17, 15) is 4.79 Å². The number of hydrogen-bond acceptors (Lipinski definition) is 4. The molecule has 0 fully saturated rings. The molecule has 2 aromatic carbocycles. The molecule has 29 heavy (non-hydrogen) atoms. The molecule has 148 valence electrons. The predicted octanol–water partition coefficient (Wildman–Crippen LogP) is 5.79. The van der Waals surface area contributed by atoms with E-state index >= 15 is 0 Å². The van der Waals surface area contributed by atoms with Gasteiger partial charge in [-0.2, -0.15) is 0 Å². The Labute approximate surface area is 178 Å². The van der Waals surface area contributed by atoms with Gasteiger partial charge in [-0.15, -0.1) is 11.3 Å². The molecular formula is C23H22ClN3OS. The summed E-state index contributed by atoms with van der Waals surface area (Å²) in [6.45, 7) is 4.81. The number of fused-ring (bicyclic) bond motifs is 1. The average molecular weight is 424 g/mol. The topological polar surface area (TPSA) is 57.8 Å². The molecule has 0 aliphatic rings. The summed E-state index contributed by atoms with van der Waals surface area (Å²) < 4.78 is 0. The molecule has 0 bridgehead atoms. The number of rotatable bonds is 6. The van der Waals surface area contributed by atoms with Crippen molar-refractivity contribution in [2.45, 2.75) is 26.4 Å². The number of nitrogens with zero attached hydrogens (tertiary/aromatic N) is 1. The lowest BCUT2D eigenvalue weighted by molar-refractivity contribution is 0.406. The van der Waals surface area contributed by atoms with Crippen LogP contribution < -0.4 is 10.9 Å². The maximum absolute atomic E-state index is 12.8. The van der Waals surface area contributed by atoms with E-state index in [0.717, 1.165) is 26.5 Å². The number of nitrogens with one attached hydrogen (secondary N) is 2. The third-order valence-electron chi connectivity index (χ3n) is 4.96. The van der Waals surface area contributed by atoms with E-state index in [1.165, 1.54) is 11.3 Å². The first-order valence-electron chi connectivity index (χ1n) is 9.57. The van der Waals surface area contributed by atoms with Crippen LogP contribution in [0.1, 0.15) is 31.3 Å². The summed E-state index contributed by atoms with van der Waals surface area (Å²) in [5.74, 6) is 1.02. The number of H-pyrrole nitrogens is 1. The quantitative estimate of drug-likeness (QED) is 0.412. The van der Waals surface area contributed by atoms with E-state index in [2.05, 4.69) is 24.1 Å². The van der Waals surface area contributed by atoms with Crippen LogP contribution in [0.3, 0.4) is 0 Å². The molecule has 2 heterocycles. The van der Waals surface area contributed by atoms with Gasteiger partial charge in [-0.3, -0.25) is 4.79 Å². The third-order valence-corrected chi connectivity index (χ3v) is 6.09. The highest BCUT2D eigenvalue weighted by atomic mass is 35.5. The lowest BCUT2D eigenvalue weighted by Gasteiger charge is -2.23. The fourth-order valence-electron chi connectivity index (χ4n) is 3.52. The number of benzene rings is 2. The Morgan fingerprint density at radius 3 is 2.52 bits per heavy atom. The Kier molecular flexibility index (Phi) is 5.81. The van der Waals surface area contributed by atoms with Crippen LogP contribution in [-0.4, -0.2) is 9.97 Å². The van der Waals surface area contributed by atoms with Gasteiger partial charge in [-0.1, -0.05) is 67.9 Å². The molecule has 4 rings (SSSR count). The second-order valence-electron chi connectivity index (χ2n) is 7.36. The van der Waals surface area contributed by atoms with Crippen molar-refractivity contribution >= 4 is 33.2 Å². The van der Waals surface area contributed by atoms with Crippen LogP contribution in [0, 0.1) is 5.92 Å². The standard InChI is InChI=1S/C23H22ClN3OS/c1-14(2)21(16-8-10-17(24)11-9-16)25-12-19-26-22(28)20-18(13-29-23(20)27-19)15-6-4-3-5-7-15/h3-11,13-14,21,25H,12H2,1-2H3,(H,26,27,28)/t21-/m0/s1. The van der Waals surface area contributed by atoms with Gasteiger partial charge in [-0.25, -0.2) is 4.98 Å². The van der Waals surface area contributed by atoms with E-state index in [4.69, 9.17) is 16.6 Å². The average Bonchev–Trinajstić information content (AvgIpc) is 3.14. The molecule has 1 atom stereocenters. The molecule has 2 aromatic heterocycles. The minimum Gasteiger partial charge on any atom is -0.309 e. The van der Waals surface area contributed by atoms with E-state index in [1.807, 2.05) is 60.0 Å². The summed E-state index contributed by atoms with van der Waals surface area (Å²) in [5, 5.41) is 6.91. The fourth-order valence-corrected chi connectivity index (χ4v) is 4.62. The fraction of sp³-hybridized carbons (Fsp3) is 0.217. The molecule has 0 saturated carbocycles. The van der Waals surface area contributed by atoms with Gasteiger partial charge in [0, 0.05) is 22.0 Å². The Morgan fingerprint density at radius 1 is 1.10 bits per heavy atom. The minimum absolute atomic E-state index is 0.0977. The SMILES string of the molecule is CC(C)[C@H](NCc1nc2scc(-c3ccccc3)c2c(=O)[nH]1)c1ccc(Cl)cc1. The molecule has 0 saturated heterocycles. The van der Waals surface area contributed by atoms with Crippen LogP contribution in [0.5, 0.6) is 0 Å². The first kappa shape index (κ1) is 19.8. The van der Waals surface area contributed by atoms with Crippen molar-refractivity contribution < 1.29 is 0 Å². The summed E-state index contributed by atoms with van der Waals surface area (Å²) in [4.78, 5) is 21.2. The van der Waals surface area contributed by atoms with E-state index in [1.54, 1.807) is 0 Å². The zero-order valence-corrected chi connectivity index (χ0v) is 17.8. The van der Waals surface area contributed by atoms with Crippen LogP contribution in [0.15, 0.2) is 64.8 Å². The van der Waals surface area contributed by atoms with Gasteiger partial charge in [0.1, 0.15) is 10.7 Å². The van der Waals surface area contributed by atoms with Crippen molar-refractivity contribution in [3.63, 3.8) is 0 Å². The van der Waals surface area contributed by atoms with E-state index in [-0.39, 0.29) is 11.6 Å². The second kappa shape index (κ2) is 8.49. The predicted molar refractivity (Wildman–Crippen MR) is 122 cm³/mol. The number of aromatic amines is 1. The number of thiophene rings is 1. The van der Waals surface area contributed by atoms with Crippen LogP contribution in [0.4, 0.5) is 0 Å². The summed E-state index contributed by atoms with van der Waals surface area (Å²) in [6, 6.07) is 17.9. The van der Waals surface area contributed by atoms with Gasteiger partial charge in [0.05, 0.1) is 11.9 Å². The van der Waals surface area contributed by atoms with E-state index in [0.29, 0.717) is 23.7 Å². The summed E-state index contributed by atoms with van der Waals surface area (Å²) in [7, 11) is 0. The molecule has 4 aromatic rings. The zero-order valence-electron chi connectivity index (χ0n) is 16.3. The van der Waals surface area contributed by atoms with Gasteiger partial charge in [0.15, 0.2) is 0 Å². The van der Waals surface area contributed by atoms with Crippen molar-refractivity contribution in [2.75, 3.05) is 0 Å². The summed E-state index contributed by atoms with van der Waals surface area (Å²) in [5.41, 5.74) is 3.02. The van der Waals surface area contributed by atoms with Crippen LogP contribution >= 0.6 is 22.9 Å². The van der Waals surface area contributed by atoms with Crippen molar-refractivity contribution in [3.05, 3.63) is 86.7 Å². The summed E-state index contributed by atoms with van der Waals surface area (Å²) >= 11 is 7.52. The van der Waals surface area contributed by atoms with Gasteiger partial charge < -0.3 is 10.3 Å². The molecule has 0 amide bonds. The van der Waals surface area contributed by atoms with Crippen molar-refractivity contribution in [1.29, 1.82) is 0 Å². The normalized spacial score (nSPS) is 12.6. The van der Waals surface area contributed by atoms with Crippen LogP contribution in [0.25, 0.3) is 21.3 Å². The minimum atomic E-state index is -0.0977. The Hall–Kier alpha value is -2.47. The molecule has 0 radical (unpaired) electrons. The second-order valence-corrected chi connectivity index (χ2v) is 8.66. The maximum atomic E-state index is 12.8. The number of hydrogen-bond donors (Lipinski definition) is 2. The van der Waals surface area contributed by atoms with Crippen LogP contribution in [-0.2, 0) is 6.54 Å². The molecular weight excluding hydrogens is 402 g/mol. The molecule has 0 spiro atoms. The van der Waals surface area contributed by atoms with Crippen LogP contribution in [0.2, 0.25) is 5.02 Å². The van der Waals surface area contributed by atoms with Gasteiger partial charge in [-0.05, 0) is 29.2 Å². The van der Waals surface area contributed by atoms with Crippen molar-refractivity contribution in [2.24, 2.45) is 5.92 Å². The Bertz CT molecular complexity index is 1170. The first-order chi connectivity index (χ1) is 14.0. The number of aromatic nitrogens is 2. The van der Waals surface area contributed by atoms with Gasteiger partial charge in [0.25, 0.3) is 5.56 Å².